The first-order chi connectivity index (χ1) is 4.70. The van der Waals surface area contributed by atoms with Crippen molar-refractivity contribution in [3.63, 3.8) is 0 Å². The molecule has 1 rings (SSSR count). The lowest BCUT2D eigenvalue weighted by molar-refractivity contribution is 0.246. The van der Waals surface area contributed by atoms with E-state index in [-0.39, 0.29) is 0 Å². The van der Waals surface area contributed by atoms with Gasteiger partial charge in [-0.2, -0.15) is 0 Å². The van der Waals surface area contributed by atoms with Crippen LogP contribution in [0.3, 0.4) is 0 Å². The molecule has 10 heavy (non-hydrogen) atoms. The van der Waals surface area contributed by atoms with Gasteiger partial charge in [0.25, 0.3) is 0 Å². The van der Waals surface area contributed by atoms with Gasteiger partial charge < -0.3 is 11.1 Å². The Morgan fingerprint density at radius 3 is 2.80 bits per heavy atom. The molecule has 1 atom stereocenters. The molecule has 0 radical (unpaired) electrons. The highest BCUT2D eigenvalue weighted by molar-refractivity contribution is 5.71. The highest BCUT2D eigenvalue weighted by Crippen LogP contribution is 2.35. The van der Waals surface area contributed by atoms with Gasteiger partial charge in [0.1, 0.15) is 0 Å². The van der Waals surface area contributed by atoms with Crippen LogP contribution >= 0.6 is 0 Å². The third-order valence-electron chi connectivity index (χ3n) is 2.03. The summed E-state index contributed by atoms with van der Waals surface area (Å²) in [5.41, 5.74) is 4.91. The molecule has 0 aliphatic heterocycles. The maximum absolute atomic E-state index is 10.3. The fourth-order valence-electron chi connectivity index (χ4n) is 1.09. The second-order valence-electron chi connectivity index (χ2n) is 3.06. The Labute approximate surface area is 61.0 Å². The molecule has 1 fully saturated rings. The molecule has 0 aromatic carbocycles. The molecule has 58 valence electrons. The van der Waals surface area contributed by atoms with Crippen LogP contribution in [-0.4, -0.2) is 12.6 Å². The van der Waals surface area contributed by atoms with Gasteiger partial charge in [0, 0.05) is 6.54 Å². The number of nitrogens with two attached hydrogens (primary N) is 1. The molecule has 1 aliphatic rings. The summed E-state index contributed by atoms with van der Waals surface area (Å²) in [6.45, 7) is 2.88. The van der Waals surface area contributed by atoms with E-state index in [1.54, 1.807) is 0 Å². The summed E-state index contributed by atoms with van der Waals surface area (Å²) in [7, 11) is 0. The topological polar surface area (TPSA) is 55.1 Å². The van der Waals surface area contributed by atoms with Crippen molar-refractivity contribution >= 4 is 6.03 Å². The Hall–Kier alpha value is -0.730. The molecule has 1 unspecified atom stereocenters. The van der Waals surface area contributed by atoms with Gasteiger partial charge in [-0.05, 0) is 24.7 Å². The molecular formula is C7H14N2O. The van der Waals surface area contributed by atoms with Crippen LogP contribution in [0.5, 0.6) is 0 Å². The number of carbonyl (C=O) groups excluding carboxylic acids is 1. The average molecular weight is 142 g/mol. The van der Waals surface area contributed by atoms with Crippen molar-refractivity contribution in [2.75, 3.05) is 6.54 Å². The fraction of sp³-hybridized carbons (Fsp3) is 0.857. The number of hydrogen-bond acceptors (Lipinski definition) is 1. The molecule has 3 N–H and O–H groups in total. The van der Waals surface area contributed by atoms with E-state index in [0.29, 0.717) is 5.92 Å². The number of amides is 2. The van der Waals surface area contributed by atoms with Gasteiger partial charge in [0.05, 0.1) is 0 Å². The zero-order valence-electron chi connectivity index (χ0n) is 6.26. The summed E-state index contributed by atoms with van der Waals surface area (Å²) in [5, 5.41) is 2.61. The van der Waals surface area contributed by atoms with Crippen molar-refractivity contribution in [1.82, 2.24) is 5.32 Å². The quantitative estimate of drug-likeness (QED) is 0.598. The van der Waals surface area contributed by atoms with Gasteiger partial charge in [0.2, 0.25) is 0 Å². The summed E-state index contributed by atoms with van der Waals surface area (Å²) in [5.74, 6) is 1.44. The molecule has 0 heterocycles. The van der Waals surface area contributed by atoms with Crippen molar-refractivity contribution in [3.05, 3.63) is 0 Å². The SMILES string of the molecule is CC(CNC(N)=O)C1CC1. The monoisotopic (exact) mass is 142 g/mol. The first-order valence-corrected chi connectivity index (χ1v) is 3.73. The minimum Gasteiger partial charge on any atom is -0.352 e. The number of primary amides is 1. The van der Waals surface area contributed by atoms with Gasteiger partial charge in [0.15, 0.2) is 0 Å². The first kappa shape index (κ1) is 7.38. The van der Waals surface area contributed by atoms with Gasteiger partial charge >= 0.3 is 6.03 Å². The van der Waals surface area contributed by atoms with Crippen LogP contribution < -0.4 is 11.1 Å². The standard InChI is InChI=1S/C7H14N2O/c1-5(6-2-3-6)4-9-7(8)10/h5-6H,2-4H2,1H3,(H3,8,9,10). The van der Waals surface area contributed by atoms with E-state index in [4.69, 9.17) is 5.73 Å². The van der Waals surface area contributed by atoms with Crippen molar-refractivity contribution in [2.24, 2.45) is 17.6 Å². The highest BCUT2D eigenvalue weighted by Gasteiger charge is 2.27. The Morgan fingerprint density at radius 2 is 2.40 bits per heavy atom. The Balaban J connectivity index is 2.05. The van der Waals surface area contributed by atoms with E-state index in [2.05, 4.69) is 12.2 Å². The van der Waals surface area contributed by atoms with Crippen LogP contribution in [0.1, 0.15) is 19.8 Å². The maximum Gasteiger partial charge on any atom is 0.312 e. The van der Waals surface area contributed by atoms with Crippen LogP contribution in [0.15, 0.2) is 0 Å². The summed E-state index contributed by atoms with van der Waals surface area (Å²) < 4.78 is 0. The van der Waals surface area contributed by atoms with Gasteiger partial charge in [-0.3, -0.25) is 0 Å². The zero-order valence-corrected chi connectivity index (χ0v) is 6.26. The Bertz CT molecular complexity index is 132. The molecule has 1 aliphatic carbocycles. The molecule has 0 aromatic heterocycles. The lowest BCUT2D eigenvalue weighted by atomic mass is 10.1. The summed E-state index contributed by atoms with van der Waals surface area (Å²) >= 11 is 0. The summed E-state index contributed by atoms with van der Waals surface area (Å²) in [4.78, 5) is 10.3. The third-order valence-corrected chi connectivity index (χ3v) is 2.03. The number of urea groups is 1. The fourth-order valence-corrected chi connectivity index (χ4v) is 1.09. The molecule has 2 amide bonds. The molecule has 3 heteroatoms. The smallest absolute Gasteiger partial charge is 0.312 e. The second kappa shape index (κ2) is 2.90. The highest BCUT2D eigenvalue weighted by atomic mass is 16.2. The van der Waals surface area contributed by atoms with Crippen LogP contribution in [0.4, 0.5) is 4.79 Å². The van der Waals surface area contributed by atoms with E-state index in [0.717, 1.165) is 12.5 Å². The van der Waals surface area contributed by atoms with E-state index in [1.807, 2.05) is 0 Å². The first-order valence-electron chi connectivity index (χ1n) is 3.73. The minimum absolute atomic E-state index is 0.410. The zero-order chi connectivity index (χ0) is 7.56. The van der Waals surface area contributed by atoms with Crippen LogP contribution in [0.25, 0.3) is 0 Å². The summed E-state index contributed by atoms with van der Waals surface area (Å²) in [6.07, 6.45) is 2.64. The Morgan fingerprint density at radius 1 is 1.80 bits per heavy atom. The predicted octanol–water partition coefficient (Wildman–Crippen LogP) is 0.701. The average Bonchev–Trinajstić information content (AvgIpc) is 2.63. The van der Waals surface area contributed by atoms with Crippen LogP contribution in [0.2, 0.25) is 0 Å². The van der Waals surface area contributed by atoms with Crippen LogP contribution in [0, 0.1) is 11.8 Å². The van der Waals surface area contributed by atoms with Gasteiger partial charge in [-0.15, -0.1) is 0 Å². The van der Waals surface area contributed by atoms with Crippen LogP contribution in [-0.2, 0) is 0 Å². The third kappa shape index (κ3) is 2.25. The molecular weight excluding hydrogens is 128 g/mol. The second-order valence-corrected chi connectivity index (χ2v) is 3.06. The number of carbonyl (C=O) groups is 1. The minimum atomic E-state index is -0.410. The molecule has 0 saturated heterocycles. The summed E-state index contributed by atoms with van der Waals surface area (Å²) in [6, 6.07) is -0.410. The van der Waals surface area contributed by atoms with Crippen molar-refractivity contribution < 1.29 is 4.79 Å². The van der Waals surface area contributed by atoms with Gasteiger partial charge in [-0.1, -0.05) is 6.92 Å². The number of nitrogens with one attached hydrogen (secondary N) is 1. The molecule has 0 spiro atoms. The van der Waals surface area contributed by atoms with Crippen molar-refractivity contribution in [1.29, 1.82) is 0 Å². The lowest BCUT2D eigenvalue weighted by Gasteiger charge is -2.08. The molecule has 3 nitrogen and oxygen atoms in total. The largest absolute Gasteiger partial charge is 0.352 e. The van der Waals surface area contributed by atoms with E-state index in [9.17, 15) is 4.79 Å². The number of hydrogen-bond donors (Lipinski definition) is 2. The molecule has 0 bridgehead atoms. The van der Waals surface area contributed by atoms with Gasteiger partial charge in [-0.25, -0.2) is 4.79 Å². The normalized spacial score (nSPS) is 20.1. The predicted molar refractivity (Wildman–Crippen MR) is 39.5 cm³/mol. The van der Waals surface area contributed by atoms with Crippen molar-refractivity contribution in [2.45, 2.75) is 19.8 Å². The lowest BCUT2D eigenvalue weighted by Crippen LogP contribution is -2.33. The van der Waals surface area contributed by atoms with E-state index < -0.39 is 6.03 Å². The van der Waals surface area contributed by atoms with E-state index in [1.165, 1.54) is 12.8 Å². The molecule has 0 aromatic rings. The Kier molecular flexibility index (Phi) is 2.14. The number of rotatable bonds is 3. The molecule has 1 saturated carbocycles. The maximum atomic E-state index is 10.3. The van der Waals surface area contributed by atoms with Crippen molar-refractivity contribution in [3.8, 4) is 0 Å². The van der Waals surface area contributed by atoms with E-state index >= 15 is 0 Å².